The summed E-state index contributed by atoms with van der Waals surface area (Å²) >= 11 is 6.24. The molecule has 28 heavy (non-hydrogen) atoms. The molecule has 1 aromatic heterocycles. The first-order valence-corrected chi connectivity index (χ1v) is 9.43. The minimum Gasteiger partial charge on any atom is -0.486 e. The monoisotopic (exact) mass is 397 g/mol. The Labute approximate surface area is 168 Å². The summed E-state index contributed by atoms with van der Waals surface area (Å²) in [5, 5.41) is 3.42. The quantitative estimate of drug-likeness (QED) is 0.693. The maximum atomic E-state index is 12.4. The Hall–Kier alpha value is -2.99. The van der Waals surface area contributed by atoms with Gasteiger partial charge in [-0.25, -0.2) is 4.98 Å². The highest BCUT2D eigenvalue weighted by Gasteiger charge is 2.17. The highest BCUT2D eigenvalue weighted by atomic mass is 35.5. The molecule has 0 spiro atoms. The van der Waals surface area contributed by atoms with Crippen LogP contribution in [0.2, 0.25) is 5.02 Å². The van der Waals surface area contributed by atoms with Crippen LogP contribution in [0.4, 0.5) is 0 Å². The first-order chi connectivity index (χ1) is 13.7. The number of nitrogens with zero attached hydrogens (tertiary/aromatic N) is 2. The number of imidazole rings is 1. The molecular formula is C21H20ClN3O3. The first kappa shape index (κ1) is 18.4. The molecule has 3 aromatic rings. The number of ether oxygens (including phenoxy) is 2. The number of amides is 1. The number of aromatic nitrogens is 2. The highest BCUT2D eigenvalue weighted by molar-refractivity contribution is 6.32. The van der Waals surface area contributed by atoms with Gasteiger partial charge in [-0.1, -0.05) is 35.9 Å². The number of hydrogen-bond acceptors (Lipinski definition) is 4. The summed E-state index contributed by atoms with van der Waals surface area (Å²) < 4.78 is 13.1. The Morgan fingerprint density at radius 3 is 2.86 bits per heavy atom. The summed E-state index contributed by atoms with van der Waals surface area (Å²) in [5.41, 5.74) is 3.00. The van der Waals surface area contributed by atoms with E-state index in [4.69, 9.17) is 21.1 Å². The zero-order chi connectivity index (χ0) is 19.3. The van der Waals surface area contributed by atoms with Gasteiger partial charge < -0.3 is 19.4 Å². The van der Waals surface area contributed by atoms with E-state index in [2.05, 4.69) is 22.4 Å². The van der Waals surface area contributed by atoms with Crippen LogP contribution in [-0.2, 0) is 24.3 Å². The van der Waals surface area contributed by atoms with Crippen molar-refractivity contribution in [1.29, 1.82) is 0 Å². The van der Waals surface area contributed by atoms with E-state index in [0.29, 0.717) is 36.3 Å². The molecule has 0 saturated heterocycles. The van der Waals surface area contributed by atoms with Crippen molar-refractivity contribution in [2.75, 3.05) is 13.2 Å². The van der Waals surface area contributed by atoms with Crippen molar-refractivity contribution in [2.24, 2.45) is 0 Å². The maximum Gasteiger partial charge on any atom is 0.224 e. The maximum absolute atomic E-state index is 12.4. The Morgan fingerprint density at radius 2 is 2.00 bits per heavy atom. The lowest BCUT2D eigenvalue weighted by atomic mass is 10.1. The van der Waals surface area contributed by atoms with E-state index in [0.717, 1.165) is 23.2 Å². The lowest BCUT2D eigenvalue weighted by molar-refractivity contribution is -0.120. The number of fused-ring (bicyclic) bond motifs is 1. The van der Waals surface area contributed by atoms with Gasteiger partial charge in [-0.15, -0.1) is 0 Å². The molecule has 4 rings (SSSR count). The third-order valence-electron chi connectivity index (χ3n) is 4.43. The predicted octanol–water partition coefficient (Wildman–Crippen LogP) is 3.21. The van der Waals surface area contributed by atoms with E-state index in [-0.39, 0.29) is 12.3 Å². The van der Waals surface area contributed by atoms with Gasteiger partial charge >= 0.3 is 0 Å². The third-order valence-corrected chi connectivity index (χ3v) is 4.71. The fourth-order valence-electron chi connectivity index (χ4n) is 3.14. The van der Waals surface area contributed by atoms with E-state index < -0.39 is 0 Å². The first-order valence-electron chi connectivity index (χ1n) is 9.05. The smallest absolute Gasteiger partial charge is 0.224 e. The van der Waals surface area contributed by atoms with Crippen LogP contribution < -0.4 is 14.8 Å². The van der Waals surface area contributed by atoms with E-state index in [9.17, 15) is 4.79 Å². The summed E-state index contributed by atoms with van der Waals surface area (Å²) in [4.78, 5) is 16.4. The van der Waals surface area contributed by atoms with Gasteiger partial charge in [0.2, 0.25) is 5.91 Å². The molecule has 144 valence electrons. The lowest BCUT2D eigenvalue weighted by Gasteiger charge is -2.20. The molecule has 6 nitrogen and oxygen atoms in total. The largest absolute Gasteiger partial charge is 0.486 e. The third kappa shape index (κ3) is 4.46. The molecule has 2 aromatic carbocycles. The number of hydrogen-bond donors (Lipinski definition) is 1. The molecule has 2 heterocycles. The molecule has 0 bridgehead atoms. The van der Waals surface area contributed by atoms with Gasteiger partial charge in [-0.3, -0.25) is 4.79 Å². The van der Waals surface area contributed by atoms with E-state index in [1.807, 2.05) is 29.0 Å². The summed E-state index contributed by atoms with van der Waals surface area (Å²) in [6.07, 6.45) is 5.69. The number of carbonyl (C=O) groups is 1. The Kier molecular flexibility index (Phi) is 5.48. The molecule has 0 unspecified atom stereocenters. The number of halogens is 1. The van der Waals surface area contributed by atoms with Crippen LogP contribution in [0, 0.1) is 0 Å². The van der Waals surface area contributed by atoms with E-state index in [1.54, 1.807) is 18.6 Å². The van der Waals surface area contributed by atoms with Crippen molar-refractivity contribution >= 4 is 17.5 Å². The predicted molar refractivity (Wildman–Crippen MR) is 106 cm³/mol. The number of rotatable bonds is 6. The Bertz CT molecular complexity index is 973. The fourth-order valence-corrected chi connectivity index (χ4v) is 3.43. The topological polar surface area (TPSA) is 65.4 Å². The van der Waals surface area contributed by atoms with Gasteiger partial charge in [0, 0.05) is 25.5 Å². The van der Waals surface area contributed by atoms with Crippen molar-refractivity contribution in [3.63, 3.8) is 0 Å². The van der Waals surface area contributed by atoms with Crippen LogP contribution in [0.5, 0.6) is 11.5 Å². The number of nitrogens with one attached hydrogen (secondary N) is 1. The SMILES string of the molecule is O=C(Cc1cc(Cl)c2c(c1)OCCO2)NCc1cccc(Cn2ccnc2)c1. The van der Waals surface area contributed by atoms with Crippen molar-refractivity contribution < 1.29 is 14.3 Å². The average molecular weight is 398 g/mol. The minimum atomic E-state index is -0.0762. The summed E-state index contributed by atoms with van der Waals surface area (Å²) in [6.45, 7) is 2.17. The van der Waals surface area contributed by atoms with E-state index in [1.165, 1.54) is 0 Å². The molecule has 0 saturated carbocycles. The molecule has 1 amide bonds. The molecule has 0 aliphatic carbocycles. The van der Waals surface area contributed by atoms with Gasteiger partial charge in [0.05, 0.1) is 17.8 Å². The molecule has 0 radical (unpaired) electrons. The standard InChI is InChI=1S/C21H20ClN3O3/c22-18-9-17(10-19-21(18)28-7-6-27-19)11-20(26)24-12-15-2-1-3-16(8-15)13-25-5-4-23-14-25/h1-5,8-10,14H,6-7,11-13H2,(H,24,26). The average Bonchev–Trinajstić information content (AvgIpc) is 3.20. The van der Waals surface area contributed by atoms with Gasteiger partial charge in [0.15, 0.2) is 11.5 Å². The molecule has 0 fully saturated rings. The van der Waals surface area contributed by atoms with Gasteiger partial charge in [0.1, 0.15) is 13.2 Å². The summed E-state index contributed by atoms with van der Waals surface area (Å²) in [6, 6.07) is 11.7. The minimum absolute atomic E-state index is 0.0762. The van der Waals surface area contributed by atoms with Crippen LogP contribution >= 0.6 is 11.6 Å². The molecule has 1 aliphatic heterocycles. The zero-order valence-corrected chi connectivity index (χ0v) is 16.0. The fraction of sp³-hybridized carbons (Fsp3) is 0.238. The van der Waals surface area contributed by atoms with Crippen molar-refractivity contribution in [3.8, 4) is 11.5 Å². The van der Waals surface area contributed by atoms with E-state index >= 15 is 0 Å². The summed E-state index contributed by atoms with van der Waals surface area (Å²) in [7, 11) is 0. The van der Waals surface area contributed by atoms with Crippen LogP contribution in [0.15, 0.2) is 55.1 Å². The van der Waals surface area contributed by atoms with Gasteiger partial charge in [-0.2, -0.15) is 0 Å². The van der Waals surface area contributed by atoms with Crippen molar-refractivity contribution in [2.45, 2.75) is 19.5 Å². The molecule has 0 atom stereocenters. The van der Waals surface area contributed by atoms with Crippen molar-refractivity contribution in [1.82, 2.24) is 14.9 Å². The zero-order valence-electron chi connectivity index (χ0n) is 15.2. The second-order valence-electron chi connectivity index (χ2n) is 6.61. The normalized spacial score (nSPS) is 12.6. The second kappa shape index (κ2) is 8.35. The van der Waals surface area contributed by atoms with Crippen LogP contribution in [-0.4, -0.2) is 28.7 Å². The second-order valence-corrected chi connectivity index (χ2v) is 7.02. The van der Waals surface area contributed by atoms with Crippen molar-refractivity contribution in [3.05, 3.63) is 76.8 Å². The number of benzene rings is 2. The van der Waals surface area contributed by atoms with Crippen LogP contribution in [0.25, 0.3) is 0 Å². The Morgan fingerprint density at radius 1 is 1.14 bits per heavy atom. The molecule has 7 heteroatoms. The number of carbonyl (C=O) groups excluding carboxylic acids is 1. The highest BCUT2D eigenvalue weighted by Crippen LogP contribution is 2.38. The lowest BCUT2D eigenvalue weighted by Crippen LogP contribution is -2.24. The Balaban J connectivity index is 1.35. The van der Waals surface area contributed by atoms with Crippen LogP contribution in [0.1, 0.15) is 16.7 Å². The van der Waals surface area contributed by atoms with Gasteiger partial charge in [-0.05, 0) is 28.8 Å². The molecule has 1 aliphatic rings. The summed E-state index contributed by atoms with van der Waals surface area (Å²) in [5.74, 6) is 1.06. The molecule has 1 N–H and O–H groups in total. The van der Waals surface area contributed by atoms with Gasteiger partial charge in [0.25, 0.3) is 0 Å². The van der Waals surface area contributed by atoms with Crippen LogP contribution in [0.3, 0.4) is 0 Å². The molecular weight excluding hydrogens is 378 g/mol.